The number of benzene rings is 2. The van der Waals surface area contributed by atoms with Crippen molar-refractivity contribution in [2.24, 2.45) is 0 Å². The summed E-state index contributed by atoms with van der Waals surface area (Å²) in [6.07, 6.45) is 1.05. The molecule has 0 radical (unpaired) electrons. The first-order valence-corrected chi connectivity index (χ1v) is 10.7. The number of methoxy groups -OCH3 is 1. The first kappa shape index (κ1) is 24.2. The van der Waals surface area contributed by atoms with Crippen molar-refractivity contribution in [2.75, 3.05) is 40.1 Å². The van der Waals surface area contributed by atoms with Gasteiger partial charge in [-0.05, 0) is 52.0 Å². The van der Waals surface area contributed by atoms with Crippen LogP contribution in [0.25, 0.3) is 0 Å². The molecule has 0 aliphatic carbocycles. The van der Waals surface area contributed by atoms with Gasteiger partial charge in [0, 0.05) is 14.4 Å². The van der Waals surface area contributed by atoms with E-state index in [1.54, 1.807) is 7.11 Å². The van der Waals surface area contributed by atoms with E-state index in [1.165, 1.54) is 53.8 Å². The van der Waals surface area contributed by atoms with Crippen LogP contribution in [0.5, 0.6) is 5.75 Å². The summed E-state index contributed by atoms with van der Waals surface area (Å²) in [5.41, 5.74) is 2.55. The first-order chi connectivity index (χ1) is 13.5. The Morgan fingerprint density at radius 3 is 1.79 bits per heavy atom. The lowest BCUT2D eigenvalue weighted by Crippen LogP contribution is -2.47. The molecule has 0 spiro atoms. The zero-order valence-electron chi connectivity index (χ0n) is 18.5. The minimum absolute atomic E-state index is 0.171. The Morgan fingerprint density at radius 1 is 0.821 bits per heavy atom. The van der Waals surface area contributed by atoms with Crippen molar-refractivity contribution in [1.82, 2.24) is 0 Å². The molecule has 0 saturated carbocycles. The molecule has 0 atom stereocenters. The predicted octanol–water partition coefficient (Wildman–Crippen LogP) is 3.69. The third kappa shape index (κ3) is 8.45. The highest BCUT2D eigenvalue weighted by molar-refractivity contribution is 6.52. The highest BCUT2D eigenvalue weighted by atomic mass is 19.1. The minimum Gasteiger partial charge on any atom is -0.468 e. The average Bonchev–Trinajstić information content (AvgIpc) is 2.75. The molecule has 3 nitrogen and oxygen atoms in total. The van der Waals surface area contributed by atoms with E-state index >= 15 is 0 Å². The van der Waals surface area contributed by atoms with Gasteiger partial charge in [-0.15, -0.1) is 0 Å². The largest absolute Gasteiger partial charge is 0.468 e. The van der Waals surface area contributed by atoms with Crippen LogP contribution in [0.4, 0.5) is 4.39 Å². The normalized spacial score (nSPS) is 10.9. The van der Waals surface area contributed by atoms with Crippen molar-refractivity contribution in [3.63, 3.8) is 0 Å². The molecule has 28 heavy (non-hydrogen) atoms. The molecule has 2 aromatic carbocycles. The number of nitrogens with zero attached hydrogens (tertiary/aromatic N) is 1. The first-order valence-electron chi connectivity index (χ1n) is 10.7. The zero-order valence-corrected chi connectivity index (χ0v) is 18.5. The van der Waals surface area contributed by atoms with Crippen molar-refractivity contribution in [2.45, 2.75) is 34.0 Å². The third-order valence-corrected chi connectivity index (χ3v) is 5.95. The standard InChI is InChI=1S/C15H17BFO2.C8H20N/c1-18-11-19-15-8-2-12(3-9-15)10-16-13-4-6-14(17)7-5-13;1-5-9(6-2,7-3)8-4/h2-9H,10-11,16H2,1H3;5-8H2,1-4H3/q-1;+1. The molecule has 0 heterocycles. The third-order valence-electron chi connectivity index (χ3n) is 5.95. The molecule has 0 aromatic heterocycles. The Hall–Kier alpha value is -1.85. The Morgan fingerprint density at radius 2 is 1.36 bits per heavy atom. The van der Waals surface area contributed by atoms with E-state index in [0.717, 1.165) is 12.1 Å². The van der Waals surface area contributed by atoms with Crippen LogP contribution in [-0.4, -0.2) is 51.8 Å². The van der Waals surface area contributed by atoms with Crippen LogP contribution in [0.15, 0.2) is 48.5 Å². The Kier molecular flexibility index (Phi) is 11.5. The number of hydrogen-bond acceptors (Lipinski definition) is 2. The van der Waals surface area contributed by atoms with Gasteiger partial charge in [0.2, 0.25) is 0 Å². The number of halogens is 1. The van der Waals surface area contributed by atoms with Crippen LogP contribution in [-0.2, 0) is 11.1 Å². The van der Waals surface area contributed by atoms with Crippen LogP contribution < -0.4 is 10.2 Å². The van der Waals surface area contributed by atoms with E-state index in [-0.39, 0.29) is 19.9 Å². The molecule has 0 bridgehead atoms. The van der Waals surface area contributed by atoms with Gasteiger partial charge in [-0.25, -0.2) is 9.85 Å². The van der Waals surface area contributed by atoms with Crippen molar-refractivity contribution in [3.8, 4) is 5.75 Å². The fourth-order valence-electron chi connectivity index (χ4n) is 3.47. The second-order valence-corrected chi connectivity index (χ2v) is 7.30. The van der Waals surface area contributed by atoms with Gasteiger partial charge in [-0.3, -0.25) is 0 Å². The van der Waals surface area contributed by atoms with Crippen LogP contribution in [0.3, 0.4) is 0 Å². The molecule has 0 saturated heterocycles. The molecule has 2 aromatic rings. The maximum absolute atomic E-state index is 12.8. The molecule has 0 amide bonds. The highest BCUT2D eigenvalue weighted by Crippen LogP contribution is 2.12. The Balaban J connectivity index is 0.000000370. The summed E-state index contributed by atoms with van der Waals surface area (Å²) in [5, 5.41) is 0. The van der Waals surface area contributed by atoms with Crippen LogP contribution >= 0.6 is 0 Å². The molecular formula is C23H37BFNO2. The Labute approximate surface area is 171 Å². The number of ether oxygens (including phenoxy) is 2. The maximum Gasteiger partial charge on any atom is 0.188 e. The SMILES string of the molecule is CC[N+](CC)(CC)CC.COCOc1ccc(C[BH2-]c2ccc(F)cc2)cc1. The molecule has 2 rings (SSSR count). The van der Waals surface area contributed by atoms with Crippen molar-refractivity contribution in [1.29, 1.82) is 0 Å². The van der Waals surface area contributed by atoms with Gasteiger partial charge in [-0.1, -0.05) is 29.8 Å². The van der Waals surface area contributed by atoms with E-state index in [2.05, 4.69) is 39.8 Å². The van der Waals surface area contributed by atoms with Crippen molar-refractivity contribution < 1.29 is 18.3 Å². The fourth-order valence-corrected chi connectivity index (χ4v) is 3.47. The molecule has 0 fully saturated rings. The lowest BCUT2D eigenvalue weighted by atomic mass is 9.65. The fraction of sp³-hybridized carbons (Fsp3) is 0.478. The van der Waals surface area contributed by atoms with Crippen molar-refractivity contribution in [3.05, 3.63) is 59.9 Å². The summed E-state index contributed by atoms with van der Waals surface area (Å²) in [5.74, 6) is 0.641. The quantitative estimate of drug-likeness (QED) is 0.351. The highest BCUT2D eigenvalue weighted by Gasteiger charge is 2.16. The lowest BCUT2D eigenvalue weighted by Gasteiger charge is -2.34. The van der Waals surface area contributed by atoms with Gasteiger partial charge in [0.1, 0.15) is 11.6 Å². The number of quaternary nitrogens is 1. The van der Waals surface area contributed by atoms with Crippen molar-refractivity contribution >= 4 is 12.7 Å². The van der Waals surface area contributed by atoms with Crippen LogP contribution in [0, 0.1) is 5.82 Å². The summed E-state index contributed by atoms with van der Waals surface area (Å²) in [4.78, 5) is 0. The van der Waals surface area contributed by atoms with Gasteiger partial charge in [0.05, 0.1) is 26.2 Å². The van der Waals surface area contributed by atoms with Gasteiger partial charge >= 0.3 is 0 Å². The summed E-state index contributed by atoms with van der Waals surface area (Å²) in [7, 11) is 1.34. The van der Waals surface area contributed by atoms with E-state index in [0.29, 0.717) is 0 Å². The second-order valence-electron chi connectivity index (χ2n) is 7.30. The topological polar surface area (TPSA) is 18.5 Å². The van der Waals surface area contributed by atoms with Gasteiger partial charge in [-0.2, -0.15) is 6.32 Å². The summed E-state index contributed by atoms with van der Waals surface area (Å²) < 4.78 is 24.2. The minimum atomic E-state index is -0.257. The molecule has 0 aliphatic rings. The summed E-state index contributed by atoms with van der Waals surface area (Å²) in [6, 6.07) is 14.9. The molecule has 156 valence electrons. The molecule has 0 aliphatic heterocycles. The lowest BCUT2D eigenvalue weighted by molar-refractivity contribution is -0.921. The van der Waals surface area contributed by atoms with Crippen LogP contribution in [0.1, 0.15) is 33.3 Å². The maximum atomic E-state index is 12.8. The molecular weight excluding hydrogens is 352 g/mol. The van der Waals surface area contributed by atoms with Gasteiger partial charge in [0.25, 0.3) is 0 Å². The van der Waals surface area contributed by atoms with Gasteiger partial charge < -0.3 is 14.0 Å². The van der Waals surface area contributed by atoms with E-state index in [1.807, 2.05) is 24.3 Å². The van der Waals surface area contributed by atoms with Crippen LogP contribution in [0.2, 0.25) is 0 Å². The zero-order chi connectivity index (χ0) is 20.8. The average molecular weight is 389 g/mol. The monoisotopic (exact) mass is 389 g/mol. The molecule has 5 heteroatoms. The molecule has 0 N–H and O–H groups in total. The van der Waals surface area contributed by atoms with E-state index in [9.17, 15) is 4.39 Å². The van der Waals surface area contributed by atoms with E-state index < -0.39 is 0 Å². The van der Waals surface area contributed by atoms with Gasteiger partial charge in [0.15, 0.2) is 6.79 Å². The van der Waals surface area contributed by atoms with E-state index in [4.69, 9.17) is 9.47 Å². The summed E-state index contributed by atoms with van der Waals surface area (Å²) >= 11 is 0. The summed E-state index contributed by atoms with van der Waals surface area (Å²) in [6.45, 7) is 14.5. The smallest absolute Gasteiger partial charge is 0.188 e. The second kappa shape index (κ2) is 13.4. The number of hydrogen-bond donors (Lipinski definition) is 0. The number of rotatable bonds is 10. The Bertz CT molecular complexity index is 625. The predicted molar refractivity (Wildman–Crippen MR) is 120 cm³/mol. The molecule has 0 unspecified atom stereocenters.